The second-order valence-corrected chi connectivity index (χ2v) is 6.06. The van der Waals surface area contributed by atoms with E-state index in [0.717, 1.165) is 24.1 Å². The normalized spacial score (nSPS) is 23.0. The number of para-hydroxylation sites is 1. The number of anilines is 1. The van der Waals surface area contributed by atoms with Crippen LogP contribution in [0.15, 0.2) is 30.3 Å². The molecule has 1 aliphatic rings. The lowest BCUT2D eigenvalue weighted by Crippen LogP contribution is -2.41. The molecule has 1 saturated heterocycles. The molecule has 20 heavy (non-hydrogen) atoms. The number of H-pyrrole nitrogens is 1. The standard InChI is InChI=1S/C15H20N4S/c1-11-8-9-18(12(2)10-11)14-16-17-15(20)19(14)13-6-4-3-5-7-13/h3-7,11-12H,8-10H2,1-2H3,(H,17,20). The summed E-state index contributed by atoms with van der Waals surface area (Å²) in [7, 11) is 0. The molecule has 0 spiro atoms. The third kappa shape index (κ3) is 2.38. The van der Waals surface area contributed by atoms with E-state index in [1.54, 1.807) is 0 Å². The molecule has 1 aromatic heterocycles. The summed E-state index contributed by atoms with van der Waals surface area (Å²) in [5, 5.41) is 7.40. The summed E-state index contributed by atoms with van der Waals surface area (Å²) >= 11 is 5.40. The fourth-order valence-corrected chi connectivity index (χ4v) is 3.23. The van der Waals surface area contributed by atoms with Crippen LogP contribution in [0, 0.1) is 10.7 Å². The van der Waals surface area contributed by atoms with Gasteiger partial charge in [-0.1, -0.05) is 25.1 Å². The van der Waals surface area contributed by atoms with Gasteiger partial charge in [-0.15, -0.1) is 5.10 Å². The Hall–Kier alpha value is -1.62. The van der Waals surface area contributed by atoms with Crippen molar-refractivity contribution in [3.63, 3.8) is 0 Å². The summed E-state index contributed by atoms with van der Waals surface area (Å²) in [5.74, 6) is 1.72. The molecule has 2 aromatic rings. The number of benzene rings is 1. The number of hydrogen-bond donors (Lipinski definition) is 1. The first-order valence-corrected chi connectivity index (χ1v) is 7.57. The molecular weight excluding hydrogens is 268 g/mol. The van der Waals surface area contributed by atoms with Gasteiger partial charge in [-0.05, 0) is 50.0 Å². The lowest BCUT2D eigenvalue weighted by Gasteiger charge is -2.37. The second-order valence-electron chi connectivity index (χ2n) is 5.67. The van der Waals surface area contributed by atoms with Crippen LogP contribution in [-0.2, 0) is 0 Å². The van der Waals surface area contributed by atoms with Gasteiger partial charge in [-0.3, -0.25) is 4.57 Å². The fourth-order valence-electron chi connectivity index (χ4n) is 3.00. The van der Waals surface area contributed by atoms with E-state index < -0.39 is 0 Å². The summed E-state index contributed by atoms with van der Waals surface area (Å²) in [5.41, 5.74) is 1.06. The third-order valence-corrected chi connectivity index (χ3v) is 4.34. The van der Waals surface area contributed by atoms with Crippen molar-refractivity contribution in [1.29, 1.82) is 0 Å². The van der Waals surface area contributed by atoms with Crippen LogP contribution in [0.25, 0.3) is 5.69 Å². The highest BCUT2D eigenvalue weighted by atomic mass is 32.1. The Morgan fingerprint density at radius 1 is 1.25 bits per heavy atom. The number of nitrogens with zero attached hydrogens (tertiary/aromatic N) is 3. The minimum absolute atomic E-state index is 0.492. The molecule has 1 fully saturated rings. The van der Waals surface area contributed by atoms with E-state index in [-0.39, 0.29) is 0 Å². The molecule has 0 radical (unpaired) electrons. The van der Waals surface area contributed by atoms with Crippen LogP contribution >= 0.6 is 12.2 Å². The Bertz CT molecular complexity index is 631. The minimum Gasteiger partial charge on any atom is -0.338 e. The van der Waals surface area contributed by atoms with Crippen LogP contribution in [0.2, 0.25) is 0 Å². The van der Waals surface area contributed by atoms with Crippen LogP contribution in [0.5, 0.6) is 0 Å². The van der Waals surface area contributed by atoms with Gasteiger partial charge in [-0.25, -0.2) is 5.10 Å². The van der Waals surface area contributed by atoms with E-state index in [1.165, 1.54) is 12.8 Å². The van der Waals surface area contributed by atoms with Crippen LogP contribution in [0.3, 0.4) is 0 Å². The first kappa shape index (κ1) is 13.4. The van der Waals surface area contributed by atoms with Crippen molar-refractivity contribution in [2.45, 2.75) is 32.7 Å². The Kier molecular flexibility index (Phi) is 3.61. The number of nitrogens with one attached hydrogen (secondary N) is 1. The average Bonchev–Trinajstić information content (AvgIpc) is 2.81. The van der Waals surface area contributed by atoms with Crippen LogP contribution < -0.4 is 4.90 Å². The zero-order chi connectivity index (χ0) is 14.1. The lowest BCUT2D eigenvalue weighted by atomic mass is 9.94. The first-order chi connectivity index (χ1) is 9.66. The van der Waals surface area contributed by atoms with E-state index in [9.17, 15) is 0 Å². The molecular formula is C15H20N4S. The monoisotopic (exact) mass is 288 g/mol. The Morgan fingerprint density at radius 3 is 2.70 bits per heavy atom. The Labute approximate surface area is 124 Å². The third-order valence-electron chi connectivity index (χ3n) is 4.06. The van der Waals surface area contributed by atoms with Crippen molar-refractivity contribution in [3.8, 4) is 5.69 Å². The maximum atomic E-state index is 5.40. The van der Waals surface area contributed by atoms with Crippen molar-refractivity contribution in [2.75, 3.05) is 11.4 Å². The van der Waals surface area contributed by atoms with Gasteiger partial charge in [0.2, 0.25) is 10.7 Å². The predicted molar refractivity (Wildman–Crippen MR) is 84.0 cm³/mol. The molecule has 0 aliphatic carbocycles. The van der Waals surface area contributed by atoms with Gasteiger partial charge in [0, 0.05) is 12.6 Å². The molecule has 1 aromatic carbocycles. The van der Waals surface area contributed by atoms with Crippen molar-refractivity contribution in [3.05, 3.63) is 35.1 Å². The lowest BCUT2D eigenvalue weighted by molar-refractivity contribution is 0.373. The maximum Gasteiger partial charge on any atom is 0.230 e. The molecule has 0 bridgehead atoms. The summed E-state index contributed by atoms with van der Waals surface area (Å²) in [6.45, 7) is 5.62. The molecule has 0 saturated carbocycles. The number of hydrogen-bond acceptors (Lipinski definition) is 3. The number of aromatic amines is 1. The zero-order valence-electron chi connectivity index (χ0n) is 11.9. The maximum absolute atomic E-state index is 5.40. The van der Waals surface area contributed by atoms with Gasteiger partial charge in [0.05, 0.1) is 5.69 Å². The van der Waals surface area contributed by atoms with Crippen LogP contribution in [0.1, 0.15) is 26.7 Å². The van der Waals surface area contributed by atoms with Crippen molar-refractivity contribution < 1.29 is 0 Å². The molecule has 2 unspecified atom stereocenters. The molecule has 3 rings (SSSR count). The SMILES string of the molecule is CC1CCN(c2n[nH]c(=S)n2-c2ccccc2)C(C)C1. The summed E-state index contributed by atoms with van der Waals surface area (Å²) < 4.78 is 2.68. The number of piperidine rings is 1. The van der Waals surface area contributed by atoms with Gasteiger partial charge in [-0.2, -0.15) is 0 Å². The predicted octanol–water partition coefficient (Wildman–Crippen LogP) is 3.55. The van der Waals surface area contributed by atoms with Gasteiger partial charge in [0.15, 0.2) is 0 Å². The van der Waals surface area contributed by atoms with Gasteiger partial charge in [0.1, 0.15) is 0 Å². The van der Waals surface area contributed by atoms with E-state index in [0.29, 0.717) is 10.8 Å². The first-order valence-electron chi connectivity index (χ1n) is 7.16. The summed E-state index contributed by atoms with van der Waals surface area (Å²) in [6, 6.07) is 10.7. The molecule has 5 heteroatoms. The highest BCUT2D eigenvalue weighted by Gasteiger charge is 2.26. The van der Waals surface area contributed by atoms with Gasteiger partial charge in [0.25, 0.3) is 0 Å². The molecule has 1 aliphatic heterocycles. The largest absolute Gasteiger partial charge is 0.338 e. The molecule has 106 valence electrons. The fraction of sp³-hybridized carbons (Fsp3) is 0.467. The van der Waals surface area contributed by atoms with Crippen LogP contribution in [-0.4, -0.2) is 27.4 Å². The quantitative estimate of drug-likeness (QED) is 0.859. The minimum atomic E-state index is 0.492. The van der Waals surface area contributed by atoms with Gasteiger partial charge < -0.3 is 4.90 Å². The van der Waals surface area contributed by atoms with Gasteiger partial charge >= 0.3 is 0 Å². The van der Waals surface area contributed by atoms with Crippen LogP contribution in [0.4, 0.5) is 5.95 Å². The topological polar surface area (TPSA) is 36.9 Å². The van der Waals surface area contributed by atoms with Crippen molar-refractivity contribution in [2.24, 2.45) is 5.92 Å². The smallest absolute Gasteiger partial charge is 0.230 e. The van der Waals surface area contributed by atoms with E-state index in [2.05, 4.69) is 41.1 Å². The van der Waals surface area contributed by atoms with Crippen molar-refractivity contribution >= 4 is 18.2 Å². The van der Waals surface area contributed by atoms with E-state index in [4.69, 9.17) is 12.2 Å². The Balaban J connectivity index is 2.01. The Morgan fingerprint density at radius 2 is 2.00 bits per heavy atom. The molecule has 2 heterocycles. The molecule has 4 nitrogen and oxygen atoms in total. The molecule has 2 atom stereocenters. The highest BCUT2D eigenvalue weighted by Crippen LogP contribution is 2.28. The second kappa shape index (κ2) is 5.40. The number of rotatable bonds is 2. The zero-order valence-corrected chi connectivity index (χ0v) is 12.7. The summed E-state index contributed by atoms with van der Waals surface area (Å²) in [4.78, 5) is 2.36. The summed E-state index contributed by atoms with van der Waals surface area (Å²) in [6.07, 6.45) is 2.41. The average molecular weight is 288 g/mol. The molecule has 0 amide bonds. The van der Waals surface area contributed by atoms with Crippen molar-refractivity contribution in [1.82, 2.24) is 14.8 Å². The van der Waals surface area contributed by atoms with E-state index in [1.807, 2.05) is 22.8 Å². The number of aromatic nitrogens is 3. The van der Waals surface area contributed by atoms with E-state index >= 15 is 0 Å². The highest BCUT2D eigenvalue weighted by molar-refractivity contribution is 7.71. The molecule has 1 N–H and O–H groups in total.